The number of hydrogen-bond acceptors (Lipinski definition) is 2. The molecule has 4 nitrogen and oxygen atoms in total. The Morgan fingerprint density at radius 3 is 2.42 bits per heavy atom. The Kier molecular flexibility index (Phi) is 5.21. The highest BCUT2D eigenvalue weighted by molar-refractivity contribution is 5.97. The number of nitrogens with one attached hydrogen (secondary N) is 2. The lowest BCUT2D eigenvalue weighted by molar-refractivity contribution is 0.0924. The molecule has 0 bridgehead atoms. The molecule has 0 unspecified atom stereocenters. The molecule has 0 aliphatic rings. The molecule has 4 heteroatoms. The van der Waals surface area contributed by atoms with Gasteiger partial charge in [-0.3, -0.25) is 9.59 Å². The molecule has 1 atom stereocenters. The maximum Gasteiger partial charge on any atom is 0.261 e. The molecule has 3 rings (SSSR count). The average Bonchev–Trinajstić information content (AvgIpc) is 2.65. The van der Waals surface area contributed by atoms with Crippen LogP contribution in [0.4, 0.5) is 0 Å². The summed E-state index contributed by atoms with van der Waals surface area (Å²) in [5.41, 5.74) is 2.80. The van der Waals surface area contributed by atoms with Crippen LogP contribution < -0.4 is 10.9 Å². The third-order valence-corrected chi connectivity index (χ3v) is 4.70. The highest BCUT2D eigenvalue weighted by Crippen LogP contribution is 2.23. The maximum absolute atomic E-state index is 12.8. The normalized spacial score (nSPS) is 12.3. The number of para-hydroxylation sites is 1. The minimum absolute atomic E-state index is 0.138. The Hall–Kier alpha value is -2.88. The topological polar surface area (TPSA) is 62.0 Å². The number of hydrogen-bond donors (Lipinski definition) is 2. The van der Waals surface area contributed by atoms with Crippen molar-refractivity contribution in [1.29, 1.82) is 0 Å². The first-order valence-electron chi connectivity index (χ1n) is 9.01. The molecule has 0 aliphatic heterocycles. The molecule has 0 radical (unpaired) electrons. The van der Waals surface area contributed by atoms with E-state index in [1.807, 2.05) is 24.3 Å². The Bertz CT molecular complexity index is 971. The van der Waals surface area contributed by atoms with E-state index in [1.165, 1.54) is 5.56 Å². The van der Waals surface area contributed by atoms with E-state index in [1.54, 1.807) is 6.07 Å². The van der Waals surface area contributed by atoms with Gasteiger partial charge in [-0.15, -0.1) is 0 Å². The molecule has 2 aromatic carbocycles. The van der Waals surface area contributed by atoms with Gasteiger partial charge in [0.25, 0.3) is 11.5 Å². The van der Waals surface area contributed by atoms with Crippen molar-refractivity contribution in [2.45, 2.75) is 33.2 Å². The minimum atomic E-state index is -0.370. The largest absolute Gasteiger partial charge is 0.345 e. The first-order chi connectivity index (χ1) is 12.5. The lowest BCUT2D eigenvalue weighted by Gasteiger charge is -2.23. The predicted molar refractivity (Wildman–Crippen MR) is 105 cm³/mol. The van der Waals surface area contributed by atoms with Crippen molar-refractivity contribution in [3.05, 3.63) is 81.6 Å². The van der Waals surface area contributed by atoms with Crippen LogP contribution >= 0.6 is 0 Å². The molecule has 0 saturated heterocycles. The molecule has 0 spiro atoms. The lowest BCUT2D eigenvalue weighted by atomic mass is 9.94. The predicted octanol–water partition coefficient (Wildman–Crippen LogP) is 4.22. The molecule has 0 fully saturated rings. The second-order valence-corrected chi connectivity index (χ2v) is 6.89. The summed E-state index contributed by atoms with van der Waals surface area (Å²) in [5.74, 6) is -0.152. The number of fused-ring (bicyclic) bond motifs is 1. The molecule has 0 aliphatic carbocycles. The van der Waals surface area contributed by atoms with Gasteiger partial charge in [-0.1, -0.05) is 63.2 Å². The Morgan fingerprint density at radius 1 is 1.08 bits per heavy atom. The van der Waals surface area contributed by atoms with Crippen molar-refractivity contribution in [3.8, 4) is 0 Å². The zero-order chi connectivity index (χ0) is 18.7. The fourth-order valence-corrected chi connectivity index (χ4v) is 3.13. The summed E-state index contributed by atoms with van der Waals surface area (Å²) in [5, 5.41) is 3.87. The summed E-state index contributed by atoms with van der Waals surface area (Å²) in [6.45, 7) is 6.23. The molecule has 1 aromatic heterocycles. The molecular weight excluding hydrogens is 324 g/mol. The number of aryl methyl sites for hydroxylation is 1. The molecule has 134 valence electrons. The van der Waals surface area contributed by atoms with Gasteiger partial charge >= 0.3 is 0 Å². The van der Waals surface area contributed by atoms with E-state index in [-0.39, 0.29) is 29.0 Å². The molecule has 2 N–H and O–H groups in total. The van der Waals surface area contributed by atoms with Crippen molar-refractivity contribution in [2.24, 2.45) is 5.92 Å². The summed E-state index contributed by atoms with van der Waals surface area (Å²) >= 11 is 0. The standard InChI is InChI=1S/C22H24N2O2/c1-4-15-9-11-16(12-10-15)20(14(2)3)24-22(26)18-13-17-7-5-6-8-19(17)23-21(18)25/h5-14,20H,4H2,1-3H3,(H,23,25)(H,24,26)/t20-/m1/s1. The number of aromatic amines is 1. The van der Waals surface area contributed by atoms with Crippen LogP contribution in [0.5, 0.6) is 0 Å². The minimum Gasteiger partial charge on any atom is -0.345 e. The van der Waals surface area contributed by atoms with Crippen LogP contribution in [-0.4, -0.2) is 10.9 Å². The molecule has 26 heavy (non-hydrogen) atoms. The zero-order valence-electron chi connectivity index (χ0n) is 15.4. The molecule has 0 saturated carbocycles. The Labute approximate surface area is 153 Å². The monoisotopic (exact) mass is 348 g/mol. The number of pyridine rings is 1. The van der Waals surface area contributed by atoms with Gasteiger partial charge in [0.2, 0.25) is 0 Å². The second kappa shape index (κ2) is 7.56. The van der Waals surface area contributed by atoms with Crippen LogP contribution in [0, 0.1) is 5.92 Å². The Balaban J connectivity index is 1.90. The van der Waals surface area contributed by atoms with Gasteiger partial charge in [0.15, 0.2) is 0 Å². The van der Waals surface area contributed by atoms with Crippen molar-refractivity contribution in [1.82, 2.24) is 10.3 Å². The zero-order valence-corrected chi connectivity index (χ0v) is 15.4. The van der Waals surface area contributed by atoms with Gasteiger partial charge in [0, 0.05) is 5.52 Å². The van der Waals surface area contributed by atoms with Crippen molar-refractivity contribution >= 4 is 16.8 Å². The van der Waals surface area contributed by atoms with Crippen molar-refractivity contribution < 1.29 is 4.79 Å². The number of H-pyrrole nitrogens is 1. The second-order valence-electron chi connectivity index (χ2n) is 6.89. The summed E-state index contributed by atoms with van der Waals surface area (Å²) in [6.07, 6.45) is 0.978. The van der Waals surface area contributed by atoms with E-state index in [0.29, 0.717) is 0 Å². The first kappa shape index (κ1) is 17.9. The maximum atomic E-state index is 12.8. The van der Waals surface area contributed by atoms with Crippen LogP contribution in [0.25, 0.3) is 10.9 Å². The van der Waals surface area contributed by atoms with E-state index in [4.69, 9.17) is 0 Å². The van der Waals surface area contributed by atoms with E-state index in [2.05, 4.69) is 55.3 Å². The van der Waals surface area contributed by atoms with Gasteiger partial charge < -0.3 is 10.3 Å². The van der Waals surface area contributed by atoms with Gasteiger partial charge in [-0.25, -0.2) is 0 Å². The first-order valence-corrected chi connectivity index (χ1v) is 9.01. The highest BCUT2D eigenvalue weighted by atomic mass is 16.2. The van der Waals surface area contributed by atoms with Gasteiger partial charge in [0.1, 0.15) is 5.56 Å². The van der Waals surface area contributed by atoms with E-state index >= 15 is 0 Å². The van der Waals surface area contributed by atoms with Crippen molar-refractivity contribution in [3.63, 3.8) is 0 Å². The molecule has 1 amide bonds. The van der Waals surface area contributed by atoms with Gasteiger partial charge in [-0.2, -0.15) is 0 Å². The highest BCUT2D eigenvalue weighted by Gasteiger charge is 2.21. The van der Waals surface area contributed by atoms with E-state index in [9.17, 15) is 9.59 Å². The molecule has 1 heterocycles. The van der Waals surface area contributed by atoms with Crippen LogP contribution in [0.3, 0.4) is 0 Å². The number of amides is 1. The van der Waals surface area contributed by atoms with Crippen LogP contribution in [0.2, 0.25) is 0 Å². The Morgan fingerprint density at radius 2 is 1.77 bits per heavy atom. The quantitative estimate of drug-likeness (QED) is 0.725. The summed E-state index contributed by atoms with van der Waals surface area (Å²) in [4.78, 5) is 27.9. The average molecular weight is 348 g/mol. The van der Waals surface area contributed by atoms with Crippen LogP contribution in [-0.2, 0) is 6.42 Å². The third-order valence-electron chi connectivity index (χ3n) is 4.70. The number of rotatable bonds is 5. The number of aromatic nitrogens is 1. The summed E-state index contributed by atoms with van der Waals surface area (Å²) < 4.78 is 0. The fraction of sp³-hybridized carbons (Fsp3) is 0.273. The van der Waals surface area contributed by atoms with Crippen LogP contribution in [0.15, 0.2) is 59.4 Å². The SMILES string of the molecule is CCc1ccc([C@H](NC(=O)c2cc3ccccc3[nH]c2=O)C(C)C)cc1. The van der Waals surface area contributed by atoms with Gasteiger partial charge in [-0.05, 0) is 41.0 Å². The summed E-state index contributed by atoms with van der Waals surface area (Å²) in [6, 6.07) is 17.2. The lowest BCUT2D eigenvalue weighted by Crippen LogP contribution is -2.35. The number of carbonyl (C=O) groups excluding carboxylic acids is 1. The number of carbonyl (C=O) groups is 1. The smallest absolute Gasteiger partial charge is 0.261 e. The number of benzene rings is 2. The van der Waals surface area contributed by atoms with E-state index < -0.39 is 0 Å². The third kappa shape index (κ3) is 3.69. The van der Waals surface area contributed by atoms with Crippen LogP contribution in [0.1, 0.15) is 48.3 Å². The van der Waals surface area contributed by atoms with Crippen molar-refractivity contribution in [2.75, 3.05) is 0 Å². The summed E-state index contributed by atoms with van der Waals surface area (Å²) in [7, 11) is 0. The van der Waals surface area contributed by atoms with E-state index in [0.717, 1.165) is 22.9 Å². The molecular formula is C22H24N2O2. The molecule has 3 aromatic rings. The van der Waals surface area contributed by atoms with Gasteiger partial charge in [0.05, 0.1) is 6.04 Å². The fourth-order valence-electron chi connectivity index (χ4n) is 3.13.